The molecule has 1 N–H and O–H groups in total. The van der Waals surface area contributed by atoms with E-state index in [4.69, 9.17) is 9.47 Å². The summed E-state index contributed by atoms with van der Waals surface area (Å²) in [5, 5.41) is 3.19. The fourth-order valence-corrected chi connectivity index (χ4v) is 4.51. The van der Waals surface area contributed by atoms with Crippen molar-refractivity contribution in [2.24, 2.45) is 0 Å². The van der Waals surface area contributed by atoms with Crippen LogP contribution in [0.15, 0.2) is 48.5 Å². The average Bonchev–Trinajstić information content (AvgIpc) is 2.84. The molecule has 0 spiro atoms. The van der Waals surface area contributed by atoms with Crippen molar-refractivity contribution >= 4 is 34.4 Å². The van der Waals surface area contributed by atoms with Gasteiger partial charge < -0.3 is 19.7 Å². The minimum absolute atomic E-state index is 0.0828. The summed E-state index contributed by atoms with van der Waals surface area (Å²) in [6.07, 6.45) is 6.04. The predicted molar refractivity (Wildman–Crippen MR) is 137 cm³/mol. The zero-order valence-electron chi connectivity index (χ0n) is 19.4. The van der Waals surface area contributed by atoms with Gasteiger partial charge in [-0.1, -0.05) is 38.3 Å². The van der Waals surface area contributed by atoms with E-state index in [0.717, 1.165) is 40.6 Å². The first-order chi connectivity index (χ1) is 16.0. The molecule has 178 valence electrons. The number of hydrogen-bond donors (Lipinski definition) is 1. The maximum absolute atomic E-state index is 13.3. The van der Waals surface area contributed by atoms with Crippen LogP contribution < -0.4 is 14.8 Å². The Morgan fingerprint density at radius 2 is 1.67 bits per heavy atom. The molecule has 2 aromatic carbocycles. The SMILES string of the molecule is CCC(C(=O)NC1CCCCC1)N(Cc1ccc(OC)cc1)C(=O)COc1ccc(I)cc1. The largest absolute Gasteiger partial charge is 0.497 e. The summed E-state index contributed by atoms with van der Waals surface area (Å²) in [7, 11) is 1.62. The fourth-order valence-electron chi connectivity index (χ4n) is 4.15. The lowest BCUT2D eigenvalue weighted by Gasteiger charge is -2.32. The summed E-state index contributed by atoms with van der Waals surface area (Å²) in [4.78, 5) is 28.2. The van der Waals surface area contributed by atoms with Crippen LogP contribution >= 0.6 is 22.6 Å². The molecule has 1 unspecified atom stereocenters. The maximum Gasteiger partial charge on any atom is 0.261 e. The summed E-state index contributed by atoms with van der Waals surface area (Å²) >= 11 is 2.23. The van der Waals surface area contributed by atoms with Gasteiger partial charge in [0.1, 0.15) is 17.5 Å². The van der Waals surface area contributed by atoms with Crippen LogP contribution in [0.2, 0.25) is 0 Å². The molecule has 2 aromatic rings. The van der Waals surface area contributed by atoms with Gasteiger partial charge in [-0.05, 0) is 83.8 Å². The van der Waals surface area contributed by atoms with E-state index in [1.54, 1.807) is 12.0 Å². The van der Waals surface area contributed by atoms with E-state index in [1.165, 1.54) is 6.42 Å². The topological polar surface area (TPSA) is 67.9 Å². The minimum atomic E-state index is -0.554. The Bertz CT molecular complexity index is 896. The van der Waals surface area contributed by atoms with E-state index in [9.17, 15) is 9.59 Å². The number of carbonyl (C=O) groups excluding carboxylic acids is 2. The normalized spacial score (nSPS) is 14.9. The number of carbonyl (C=O) groups is 2. The van der Waals surface area contributed by atoms with Crippen LogP contribution in [0.5, 0.6) is 11.5 Å². The zero-order valence-corrected chi connectivity index (χ0v) is 21.5. The molecule has 6 nitrogen and oxygen atoms in total. The van der Waals surface area contributed by atoms with Crippen LogP contribution in [0.4, 0.5) is 0 Å². The molecule has 0 bridgehead atoms. The lowest BCUT2D eigenvalue weighted by molar-refractivity contribution is -0.143. The highest BCUT2D eigenvalue weighted by Crippen LogP contribution is 2.20. The second kappa shape index (κ2) is 12.8. The third kappa shape index (κ3) is 7.62. The second-order valence-electron chi connectivity index (χ2n) is 8.38. The number of amides is 2. The number of methoxy groups -OCH3 is 1. The molecular weight excluding hydrogens is 531 g/mol. The van der Waals surface area contributed by atoms with E-state index in [-0.39, 0.29) is 24.5 Å². The molecule has 1 aliphatic rings. The molecule has 0 heterocycles. The van der Waals surface area contributed by atoms with E-state index in [0.29, 0.717) is 18.7 Å². The van der Waals surface area contributed by atoms with Gasteiger partial charge in [0.25, 0.3) is 5.91 Å². The van der Waals surface area contributed by atoms with Crippen LogP contribution in [0.3, 0.4) is 0 Å². The van der Waals surface area contributed by atoms with E-state index in [2.05, 4.69) is 27.9 Å². The first-order valence-corrected chi connectivity index (χ1v) is 12.7. The number of rotatable bonds is 10. The highest BCUT2D eigenvalue weighted by molar-refractivity contribution is 14.1. The van der Waals surface area contributed by atoms with Gasteiger partial charge >= 0.3 is 0 Å². The van der Waals surface area contributed by atoms with Gasteiger partial charge in [0.15, 0.2) is 6.61 Å². The van der Waals surface area contributed by atoms with Crippen LogP contribution in [-0.4, -0.2) is 42.5 Å². The van der Waals surface area contributed by atoms with Crippen molar-refractivity contribution < 1.29 is 19.1 Å². The van der Waals surface area contributed by atoms with Gasteiger partial charge in [-0.25, -0.2) is 0 Å². The number of hydrogen-bond acceptors (Lipinski definition) is 4. The van der Waals surface area contributed by atoms with Gasteiger partial charge in [-0.3, -0.25) is 9.59 Å². The van der Waals surface area contributed by atoms with E-state index in [1.807, 2.05) is 55.5 Å². The number of nitrogens with one attached hydrogen (secondary N) is 1. The molecule has 0 aromatic heterocycles. The van der Waals surface area contributed by atoms with Crippen molar-refractivity contribution in [3.05, 3.63) is 57.7 Å². The number of ether oxygens (including phenoxy) is 2. The molecule has 1 fully saturated rings. The first-order valence-electron chi connectivity index (χ1n) is 11.6. The van der Waals surface area contributed by atoms with Gasteiger partial charge in [-0.15, -0.1) is 0 Å². The smallest absolute Gasteiger partial charge is 0.261 e. The highest BCUT2D eigenvalue weighted by atomic mass is 127. The van der Waals surface area contributed by atoms with Gasteiger partial charge in [-0.2, -0.15) is 0 Å². The Morgan fingerprint density at radius 1 is 1.03 bits per heavy atom. The molecule has 7 heteroatoms. The summed E-state index contributed by atoms with van der Waals surface area (Å²) in [6.45, 7) is 2.15. The van der Waals surface area contributed by atoms with Crippen molar-refractivity contribution in [2.75, 3.05) is 13.7 Å². The Labute approximate surface area is 210 Å². The zero-order chi connectivity index (χ0) is 23.6. The second-order valence-corrected chi connectivity index (χ2v) is 9.63. The first kappa shape index (κ1) is 25.3. The molecule has 0 saturated heterocycles. The Morgan fingerprint density at radius 3 is 2.27 bits per heavy atom. The quantitative estimate of drug-likeness (QED) is 0.416. The van der Waals surface area contributed by atoms with E-state index >= 15 is 0 Å². The summed E-state index contributed by atoms with van der Waals surface area (Å²) in [5.74, 6) is 1.09. The van der Waals surface area contributed by atoms with Gasteiger partial charge in [0.05, 0.1) is 7.11 Å². The van der Waals surface area contributed by atoms with Crippen LogP contribution in [-0.2, 0) is 16.1 Å². The summed E-state index contributed by atoms with van der Waals surface area (Å²) < 4.78 is 12.1. The van der Waals surface area contributed by atoms with Crippen molar-refractivity contribution in [2.45, 2.75) is 64.1 Å². The number of nitrogens with zero attached hydrogens (tertiary/aromatic N) is 1. The van der Waals surface area contributed by atoms with Gasteiger partial charge in [0.2, 0.25) is 5.91 Å². The van der Waals surface area contributed by atoms with Crippen molar-refractivity contribution in [3.63, 3.8) is 0 Å². The minimum Gasteiger partial charge on any atom is -0.497 e. The number of benzene rings is 2. The van der Waals surface area contributed by atoms with Gasteiger partial charge in [0, 0.05) is 16.2 Å². The molecule has 0 radical (unpaired) electrons. The highest BCUT2D eigenvalue weighted by Gasteiger charge is 2.30. The summed E-state index contributed by atoms with van der Waals surface area (Å²) in [5.41, 5.74) is 0.933. The maximum atomic E-state index is 13.3. The molecule has 1 aliphatic carbocycles. The molecule has 2 amide bonds. The van der Waals surface area contributed by atoms with Crippen molar-refractivity contribution in [3.8, 4) is 11.5 Å². The molecule has 1 atom stereocenters. The lowest BCUT2D eigenvalue weighted by atomic mass is 9.95. The molecule has 0 aliphatic heterocycles. The van der Waals surface area contributed by atoms with Crippen molar-refractivity contribution in [1.82, 2.24) is 10.2 Å². The third-order valence-electron chi connectivity index (χ3n) is 6.03. The molecular formula is C26H33IN2O4. The Balaban J connectivity index is 1.74. The van der Waals surface area contributed by atoms with Crippen LogP contribution in [0, 0.1) is 3.57 Å². The molecule has 33 heavy (non-hydrogen) atoms. The van der Waals surface area contributed by atoms with Crippen molar-refractivity contribution in [1.29, 1.82) is 0 Å². The van der Waals surface area contributed by atoms with Crippen LogP contribution in [0.1, 0.15) is 51.0 Å². The fraction of sp³-hybridized carbons (Fsp3) is 0.462. The molecule has 1 saturated carbocycles. The molecule has 3 rings (SSSR count). The van der Waals surface area contributed by atoms with E-state index < -0.39 is 6.04 Å². The Kier molecular flexibility index (Phi) is 9.84. The lowest BCUT2D eigenvalue weighted by Crippen LogP contribution is -2.52. The Hall–Kier alpha value is -2.29. The standard InChI is InChI=1S/C26H33IN2O4/c1-3-24(26(31)28-21-7-5-4-6-8-21)29(17-19-9-13-22(32-2)14-10-19)25(30)18-33-23-15-11-20(27)12-16-23/h9-16,21,24H,3-8,17-18H2,1-2H3,(H,28,31). The predicted octanol–water partition coefficient (Wildman–Crippen LogP) is 4.93. The van der Waals surface area contributed by atoms with Crippen LogP contribution in [0.25, 0.3) is 0 Å². The summed E-state index contributed by atoms with van der Waals surface area (Å²) in [6, 6.07) is 14.8. The number of halogens is 1. The average molecular weight is 564 g/mol. The monoisotopic (exact) mass is 564 g/mol. The third-order valence-corrected chi connectivity index (χ3v) is 6.74.